The van der Waals surface area contributed by atoms with E-state index < -0.39 is 0 Å². The van der Waals surface area contributed by atoms with Crippen molar-refractivity contribution < 1.29 is 4.79 Å². The Morgan fingerprint density at radius 1 is 1.26 bits per heavy atom. The summed E-state index contributed by atoms with van der Waals surface area (Å²) >= 11 is 0. The second-order valence-electron chi connectivity index (χ2n) is 4.40. The highest BCUT2D eigenvalue weighted by atomic mass is 16.1. The van der Waals surface area contributed by atoms with Gasteiger partial charge in [-0.1, -0.05) is 30.3 Å². The van der Waals surface area contributed by atoms with Gasteiger partial charge in [0.25, 0.3) is 0 Å². The molecule has 97 valence electrons. The Bertz CT molecular complexity index is 537. The lowest BCUT2D eigenvalue weighted by molar-refractivity contribution is -0.120. The fourth-order valence-corrected chi connectivity index (χ4v) is 1.79. The lowest BCUT2D eigenvalue weighted by Crippen LogP contribution is -2.22. The Labute approximate surface area is 113 Å². The minimum atomic E-state index is 0.0205. The molecule has 1 radical (unpaired) electrons. The van der Waals surface area contributed by atoms with Crippen LogP contribution in [-0.2, 0) is 11.3 Å². The van der Waals surface area contributed by atoms with Crippen molar-refractivity contribution in [3.05, 3.63) is 71.9 Å². The Kier molecular flexibility index (Phi) is 4.67. The van der Waals surface area contributed by atoms with Gasteiger partial charge in [0.2, 0.25) is 5.91 Å². The number of rotatable bonds is 5. The number of aromatic nitrogens is 1. The van der Waals surface area contributed by atoms with Gasteiger partial charge in [-0.3, -0.25) is 9.78 Å². The zero-order chi connectivity index (χ0) is 13.5. The summed E-state index contributed by atoms with van der Waals surface area (Å²) < 4.78 is 0. The topological polar surface area (TPSA) is 42.0 Å². The summed E-state index contributed by atoms with van der Waals surface area (Å²) in [6, 6.07) is 11.8. The van der Waals surface area contributed by atoms with Crippen molar-refractivity contribution in [1.29, 1.82) is 0 Å². The van der Waals surface area contributed by atoms with Crippen molar-refractivity contribution in [3.63, 3.8) is 0 Å². The van der Waals surface area contributed by atoms with Gasteiger partial charge in [0.1, 0.15) is 0 Å². The lowest BCUT2D eigenvalue weighted by Gasteiger charge is -2.06. The molecule has 0 aliphatic rings. The van der Waals surface area contributed by atoms with Crippen molar-refractivity contribution >= 4 is 5.91 Å². The first-order chi connectivity index (χ1) is 9.25. The number of pyridine rings is 1. The maximum absolute atomic E-state index is 11.7. The largest absolute Gasteiger partial charge is 0.352 e. The van der Waals surface area contributed by atoms with E-state index in [9.17, 15) is 4.79 Å². The van der Waals surface area contributed by atoms with Crippen molar-refractivity contribution in [2.24, 2.45) is 0 Å². The number of amides is 1. The first-order valence-corrected chi connectivity index (χ1v) is 6.30. The molecule has 0 saturated carbocycles. The van der Waals surface area contributed by atoms with E-state index in [0.717, 1.165) is 11.1 Å². The number of carbonyl (C=O) groups is 1. The Hall–Kier alpha value is -2.16. The fraction of sp³-hybridized carbons (Fsp3) is 0.188. The van der Waals surface area contributed by atoms with E-state index in [1.165, 1.54) is 5.56 Å². The van der Waals surface area contributed by atoms with Crippen LogP contribution < -0.4 is 5.32 Å². The number of hydrogen-bond acceptors (Lipinski definition) is 2. The van der Waals surface area contributed by atoms with Crippen LogP contribution in [0.5, 0.6) is 0 Å². The SMILES string of the molecule is Cc1ccccc1[CH]CC(=O)NCc1cccnc1. The lowest BCUT2D eigenvalue weighted by atomic mass is 10.0. The molecule has 2 aromatic rings. The minimum Gasteiger partial charge on any atom is -0.352 e. The van der Waals surface area contributed by atoms with E-state index in [0.29, 0.717) is 13.0 Å². The molecule has 1 aromatic heterocycles. The van der Waals surface area contributed by atoms with Crippen LogP contribution in [0, 0.1) is 13.3 Å². The Morgan fingerprint density at radius 2 is 2.11 bits per heavy atom. The van der Waals surface area contributed by atoms with E-state index >= 15 is 0 Å². The van der Waals surface area contributed by atoms with Crippen LogP contribution >= 0.6 is 0 Å². The van der Waals surface area contributed by atoms with E-state index in [-0.39, 0.29) is 5.91 Å². The first-order valence-electron chi connectivity index (χ1n) is 6.30. The molecule has 0 saturated heterocycles. The molecule has 0 aliphatic heterocycles. The number of hydrogen-bond donors (Lipinski definition) is 1. The third-order valence-electron chi connectivity index (χ3n) is 2.91. The van der Waals surface area contributed by atoms with E-state index in [2.05, 4.69) is 10.3 Å². The van der Waals surface area contributed by atoms with Gasteiger partial charge >= 0.3 is 0 Å². The molecule has 2 rings (SSSR count). The summed E-state index contributed by atoms with van der Waals surface area (Å²) in [5.74, 6) is 0.0205. The number of aryl methyl sites for hydroxylation is 1. The molecule has 0 spiro atoms. The Balaban J connectivity index is 1.78. The molecule has 0 unspecified atom stereocenters. The van der Waals surface area contributed by atoms with Crippen molar-refractivity contribution in [3.8, 4) is 0 Å². The predicted octanol–water partition coefficient (Wildman–Crippen LogP) is 2.65. The predicted molar refractivity (Wildman–Crippen MR) is 75.3 cm³/mol. The van der Waals surface area contributed by atoms with E-state index in [1.54, 1.807) is 12.4 Å². The first kappa shape index (κ1) is 13.3. The van der Waals surface area contributed by atoms with Crippen molar-refractivity contribution in [2.45, 2.75) is 19.9 Å². The van der Waals surface area contributed by atoms with Gasteiger partial charge in [-0.2, -0.15) is 0 Å². The summed E-state index contributed by atoms with van der Waals surface area (Å²) in [5.41, 5.74) is 3.30. The van der Waals surface area contributed by atoms with Gasteiger partial charge < -0.3 is 5.32 Å². The highest BCUT2D eigenvalue weighted by Gasteiger charge is 2.04. The van der Waals surface area contributed by atoms with Crippen LogP contribution in [0.15, 0.2) is 48.8 Å². The van der Waals surface area contributed by atoms with Crippen LogP contribution in [-0.4, -0.2) is 10.9 Å². The van der Waals surface area contributed by atoms with Crippen molar-refractivity contribution in [1.82, 2.24) is 10.3 Å². The molecule has 0 aliphatic carbocycles. The molecule has 0 bridgehead atoms. The maximum atomic E-state index is 11.7. The molecule has 1 N–H and O–H groups in total. The molecule has 1 amide bonds. The standard InChI is InChI=1S/C16H17N2O/c1-13-5-2-3-7-15(13)8-9-16(19)18-12-14-6-4-10-17-11-14/h2-8,10-11H,9,12H2,1H3,(H,18,19). The molecular weight excluding hydrogens is 236 g/mol. The third kappa shape index (κ3) is 4.21. The van der Waals surface area contributed by atoms with Gasteiger partial charge in [0.15, 0.2) is 0 Å². The van der Waals surface area contributed by atoms with Gasteiger partial charge in [0.05, 0.1) is 0 Å². The van der Waals surface area contributed by atoms with Crippen LogP contribution in [0.2, 0.25) is 0 Å². The van der Waals surface area contributed by atoms with E-state index in [4.69, 9.17) is 0 Å². The second kappa shape index (κ2) is 6.69. The zero-order valence-corrected chi connectivity index (χ0v) is 11.0. The fourth-order valence-electron chi connectivity index (χ4n) is 1.79. The van der Waals surface area contributed by atoms with Crippen LogP contribution in [0.25, 0.3) is 0 Å². The van der Waals surface area contributed by atoms with Gasteiger partial charge in [-0.15, -0.1) is 0 Å². The highest BCUT2D eigenvalue weighted by Crippen LogP contribution is 2.11. The molecule has 3 heteroatoms. The average molecular weight is 253 g/mol. The summed E-state index contributed by atoms with van der Waals surface area (Å²) in [5, 5.41) is 2.88. The van der Waals surface area contributed by atoms with Crippen LogP contribution in [0.3, 0.4) is 0 Å². The van der Waals surface area contributed by atoms with E-state index in [1.807, 2.05) is 49.7 Å². The number of carbonyl (C=O) groups excluding carboxylic acids is 1. The molecular formula is C16H17N2O. The molecule has 3 nitrogen and oxygen atoms in total. The monoisotopic (exact) mass is 253 g/mol. The number of nitrogens with zero attached hydrogens (tertiary/aromatic N) is 1. The third-order valence-corrected chi connectivity index (χ3v) is 2.91. The highest BCUT2D eigenvalue weighted by molar-refractivity contribution is 5.77. The molecule has 1 aromatic carbocycles. The summed E-state index contributed by atoms with van der Waals surface area (Å²) in [6.45, 7) is 2.56. The smallest absolute Gasteiger partial charge is 0.220 e. The number of benzene rings is 1. The summed E-state index contributed by atoms with van der Waals surface area (Å²) in [4.78, 5) is 15.7. The Morgan fingerprint density at radius 3 is 2.84 bits per heavy atom. The molecule has 1 heterocycles. The number of nitrogens with one attached hydrogen (secondary N) is 1. The average Bonchev–Trinajstić information content (AvgIpc) is 2.45. The van der Waals surface area contributed by atoms with Gasteiger partial charge in [0, 0.05) is 31.8 Å². The second-order valence-corrected chi connectivity index (χ2v) is 4.40. The molecule has 19 heavy (non-hydrogen) atoms. The maximum Gasteiger partial charge on any atom is 0.220 e. The molecule has 0 fully saturated rings. The summed E-state index contributed by atoms with van der Waals surface area (Å²) in [6.07, 6.45) is 5.82. The quantitative estimate of drug-likeness (QED) is 0.890. The van der Waals surface area contributed by atoms with Crippen molar-refractivity contribution in [2.75, 3.05) is 0 Å². The van der Waals surface area contributed by atoms with Gasteiger partial charge in [-0.05, 0) is 29.7 Å². The molecule has 0 atom stereocenters. The van der Waals surface area contributed by atoms with Crippen LogP contribution in [0.1, 0.15) is 23.1 Å². The van der Waals surface area contributed by atoms with Gasteiger partial charge in [-0.25, -0.2) is 0 Å². The summed E-state index contributed by atoms with van der Waals surface area (Å²) in [7, 11) is 0. The van der Waals surface area contributed by atoms with Crippen LogP contribution in [0.4, 0.5) is 0 Å². The normalized spacial score (nSPS) is 10.2. The minimum absolute atomic E-state index is 0.0205. The zero-order valence-electron chi connectivity index (χ0n) is 11.0.